The molecule has 2 heterocycles. The molecule has 1 atom stereocenters. The van der Waals surface area contributed by atoms with Crippen LogP contribution in [0.1, 0.15) is 16.7 Å². The molecule has 0 aliphatic carbocycles. The van der Waals surface area contributed by atoms with Crippen molar-refractivity contribution in [3.8, 4) is 11.5 Å². The highest BCUT2D eigenvalue weighted by Crippen LogP contribution is 2.46. The van der Waals surface area contributed by atoms with Crippen molar-refractivity contribution in [2.24, 2.45) is 0 Å². The summed E-state index contributed by atoms with van der Waals surface area (Å²) in [5, 5.41) is 2.02. The first-order valence-corrected chi connectivity index (χ1v) is 10.4. The molecule has 1 aliphatic heterocycles. The van der Waals surface area contributed by atoms with E-state index in [1.165, 1.54) is 6.07 Å². The van der Waals surface area contributed by atoms with E-state index in [4.69, 9.17) is 13.9 Å². The molecule has 0 unspecified atom stereocenters. The molecule has 6 rings (SSSR count). The highest BCUT2D eigenvalue weighted by molar-refractivity contribution is 6.10. The molecule has 0 fully saturated rings. The van der Waals surface area contributed by atoms with Gasteiger partial charge >= 0.3 is 0 Å². The van der Waals surface area contributed by atoms with Gasteiger partial charge in [0.25, 0.3) is 0 Å². The predicted octanol–water partition coefficient (Wildman–Crippen LogP) is 7.08. The van der Waals surface area contributed by atoms with Crippen LogP contribution in [0.5, 0.6) is 11.5 Å². The first-order chi connectivity index (χ1) is 15.7. The van der Waals surface area contributed by atoms with E-state index in [2.05, 4.69) is 0 Å². The van der Waals surface area contributed by atoms with Gasteiger partial charge < -0.3 is 13.9 Å². The van der Waals surface area contributed by atoms with E-state index in [0.29, 0.717) is 11.3 Å². The van der Waals surface area contributed by atoms with Crippen LogP contribution in [0.3, 0.4) is 0 Å². The number of methoxy groups -OCH3 is 1. The lowest BCUT2D eigenvalue weighted by molar-refractivity contribution is 0.156. The minimum atomic E-state index is -1.11. The smallest absolute Gasteiger partial charge is 0.180 e. The van der Waals surface area contributed by atoms with Gasteiger partial charge in [-0.15, -0.1) is 0 Å². The molecule has 3 nitrogen and oxygen atoms in total. The zero-order valence-corrected chi connectivity index (χ0v) is 17.3. The SMILES string of the molecule is COc1ccc([C@]2(c3ccccc3F)C=Cc3c(ccc4oc5ccccc5c34)O2)cc1. The molecular weight excluding hydrogens is 403 g/mol. The first-order valence-electron chi connectivity index (χ1n) is 10.4. The Morgan fingerprint density at radius 2 is 1.59 bits per heavy atom. The Balaban J connectivity index is 1.60. The van der Waals surface area contributed by atoms with Gasteiger partial charge in [-0.05, 0) is 48.6 Å². The molecule has 0 saturated carbocycles. The Bertz CT molecular complexity index is 1500. The fourth-order valence-corrected chi connectivity index (χ4v) is 4.54. The van der Waals surface area contributed by atoms with Crippen molar-refractivity contribution >= 4 is 28.0 Å². The fraction of sp³-hybridized carbons (Fsp3) is 0.0714. The second-order valence-electron chi connectivity index (χ2n) is 7.83. The van der Waals surface area contributed by atoms with Gasteiger partial charge in [-0.2, -0.15) is 0 Å². The van der Waals surface area contributed by atoms with Gasteiger partial charge in [-0.3, -0.25) is 0 Å². The molecule has 1 aromatic heterocycles. The zero-order valence-electron chi connectivity index (χ0n) is 17.3. The summed E-state index contributed by atoms with van der Waals surface area (Å²) in [6.45, 7) is 0. The fourth-order valence-electron chi connectivity index (χ4n) is 4.54. The van der Waals surface area contributed by atoms with Crippen LogP contribution in [0.2, 0.25) is 0 Å². The van der Waals surface area contributed by atoms with Crippen LogP contribution in [0.25, 0.3) is 28.0 Å². The number of para-hydroxylation sites is 1. The molecule has 4 heteroatoms. The van der Waals surface area contributed by atoms with Gasteiger partial charge in [0.05, 0.1) is 7.11 Å². The van der Waals surface area contributed by atoms with Crippen molar-refractivity contribution in [3.63, 3.8) is 0 Å². The number of furan rings is 1. The van der Waals surface area contributed by atoms with Gasteiger partial charge in [0.2, 0.25) is 0 Å². The van der Waals surface area contributed by atoms with Gasteiger partial charge in [-0.1, -0.05) is 48.5 Å². The summed E-state index contributed by atoms with van der Waals surface area (Å²) in [6.07, 6.45) is 3.94. The average molecular weight is 422 g/mol. The van der Waals surface area contributed by atoms with Crippen molar-refractivity contribution in [2.45, 2.75) is 5.60 Å². The Morgan fingerprint density at radius 1 is 0.812 bits per heavy atom. The monoisotopic (exact) mass is 422 g/mol. The third-order valence-corrected chi connectivity index (χ3v) is 6.09. The maximum Gasteiger partial charge on any atom is 0.180 e. The average Bonchev–Trinajstić information content (AvgIpc) is 3.23. The maximum absolute atomic E-state index is 15.1. The topological polar surface area (TPSA) is 31.6 Å². The number of ether oxygens (including phenoxy) is 2. The summed E-state index contributed by atoms with van der Waals surface area (Å²) < 4.78 is 33.1. The summed E-state index contributed by atoms with van der Waals surface area (Å²) >= 11 is 0. The van der Waals surface area contributed by atoms with E-state index < -0.39 is 5.60 Å². The zero-order chi connectivity index (χ0) is 21.7. The molecule has 32 heavy (non-hydrogen) atoms. The van der Waals surface area contributed by atoms with Crippen LogP contribution < -0.4 is 9.47 Å². The van der Waals surface area contributed by atoms with Crippen LogP contribution in [-0.4, -0.2) is 7.11 Å². The minimum absolute atomic E-state index is 0.328. The molecule has 5 aromatic rings. The standard InChI is InChI=1S/C28H19FO3/c1-30-19-12-10-18(11-13-19)28(22-7-3-4-8-23(22)29)17-16-21-25(32-28)14-15-26-27(21)20-6-2-5-9-24(20)31-26/h2-17H,1H3/t28-/m0/s1. The number of halogens is 1. The van der Waals surface area contributed by atoms with Crippen LogP contribution in [0, 0.1) is 5.82 Å². The van der Waals surface area contributed by atoms with E-state index in [1.807, 2.05) is 78.9 Å². The number of rotatable bonds is 3. The largest absolute Gasteiger partial charge is 0.497 e. The summed E-state index contributed by atoms with van der Waals surface area (Å²) in [5.41, 5.74) is 2.68. The van der Waals surface area contributed by atoms with Gasteiger partial charge in [-0.25, -0.2) is 4.39 Å². The third kappa shape index (κ3) is 2.66. The molecule has 1 aliphatic rings. The van der Waals surface area contributed by atoms with E-state index in [-0.39, 0.29) is 5.82 Å². The normalized spacial score (nSPS) is 17.3. The van der Waals surface area contributed by atoms with Crippen molar-refractivity contribution in [3.05, 3.63) is 114 Å². The minimum Gasteiger partial charge on any atom is -0.497 e. The Hall–Kier alpha value is -4.05. The third-order valence-electron chi connectivity index (χ3n) is 6.09. The van der Waals surface area contributed by atoms with E-state index in [0.717, 1.165) is 38.8 Å². The van der Waals surface area contributed by atoms with Crippen LogP contribution >= 0.6 is 0 Å². The number of hydrogen-bond acceptors (Lipinski definition) is 3. The van der Waals surface area contributed by atoms with Crippen LogP contribution in [0.15, 0.2) is 95.4 Å². The molecule has 0 radical (unpaired) electrons. The Labute approximate surface area is 184 Å². The first kappa shape index (κ1) is 18.7. The lowest BCUT2D eigenvalue weighted by atomic mass is 9.83. The highest BCUT2D eigenvalue weighted by Gasteiger charge is 2.39. The van der Waals surface area contributed by atoms with E-state index in [9.17, 15) is 0 Å². The molecule has 0 N–H and O–H groups in total. The quantitative estimate of drug-likeness (QED) is 0.311. The highest BCUT2D eigenvalue weighted by atomic mass is 19.1. The summed E-state index contributed by atoms with van der Waals surface area (Å²) in [6, 6.07) is 26.0. The lowest BCUT2D eigenvalue weighted by Crippen LogP contribution is -2.35. The molecule has 0 amide bonds. The van der Waals surface area contributed by atoms with Crippen LogP contribution in [-0.2, 0) is 5.60 Å². The van der Waals surface area contributed by atoms with Crippen molar-refractivity contribution in [1.29, 1.82) is 0 Å². The van der Waals surface area contributed by atoms with Gasteiger partial charge in [0.15, 0.2) is 5.60 Å². The van der Waals surface area contributed by atoms with Crippen molar-refractivity contribution in [1.82, 2.24) is 0 Å². The summed E-state index contributed by atoms with van der Waals surface area (Å²) in [5.74, 6) is 1.07. The molecule has 0 saturated heterocycles. The van der Waals surface area contributed by atoms with Gasteiger partial charge in [0.1, 0.15) is 28.5 Å². The summed E-state index contributed by atoms with van der Waals surface area (Å²) in [4.78, 5) is 0. The molecule has 156 valence electrons. The molecular formula is C28H19FO3. The van der Waals surface area contributed by atoms with Gasteiger partial charge in [0, 0.05) is 27.5 Å². The van der Waals surface area contributed by atoms with Crippen molar-refractivity contribution < 1.29 is 18.3 Å². The number of benzene rings is 4. The lowest BCUT2D eigenvalue weighted by Gasteiger charge is -2.36. The maximum atomic E-state index is 15.1. The second kappa shape index (κ2) is 6.99. The Kier molecular flexibility index (Phi) is 4.08. The molecule has 4 aromatic carbocycles. The molecule has 0 bridgehead atoms. The molecule has 0 spiro atoms. The van der Waals surface area contributed by atoms with E-state index >= 15 is 4.39 Å². The number of hydrogen-bond donors (Lipinski definition) is 0. The Morgan fingerprint density at radius 3 is 2.41 bits per heavy atom. The summed E-state index contributed by atoms with van der Waals surface area (Å²) in [7, 11) is 1.62. The van der Waals surface area contributed by atoms with E-state index in [1.54, 1.807) is 19.2 Å². The predicted molar refractivity (Wildman–Crippen MR) is 124 cm³/mol. The van der Waals surface area contributed by atoms with Crippen molar-refractivity contribution in [2.75, 3.05) is 7.11 Å². The van der Waals surface area contributed by atoms with Crippen LogP contribution in [0.4, 0.5) is 4.39 Å². The number of fused-ring (bicyclic) bond motifs is 5. The second-order valence-corrected chi connectivity index (χ2v) is 7.83.